The Morgan fingerprint density at radius 1 is 1.33 bits per heavy atom. The minimum Gasteiger partial charge on any atom is -0.494 e. The summed E-state index contributed by atoms with van der Waals surface area (Å²) in [5, 5.41) is 3.33. The average Bonchev–Trinajstić information content (AvgIpc) is 2.95. The van der Waals surface area contributed by atoms with Crippen LogP contribution in [0, 0.1) is 5.82 Å². The van der Waals surface area contributed by atoms with E-state index in [-0.39, 0.29) is 11.6 Å². The number of thioether (sulfide) groups is 1. The molecule has 0 amide bonds. The Hall–Kier alpha value is -1.86. The van der Waals surface area contributed by atoms with E-state index >= 15 is 0 Å². The van der Waals surface area contributed by atoms with E-state index in [9.17, 15) is 4.39 Å². The molecule has 2 heterocycles. The number of hydrogen-bond acceptors (Lipinski definition) is 6. The Kier molecular flexibility index (Phi) is 3.94. The van der Waals surface area contributed by atoms with Crippen LogP contribution >= 0.6 is 23.1 Å². The van der Waals surface area contributed by atoms with Gasteiger partial charge in [0.25, 0.3) is 0 Å². The van der Waals surface area contributed by atoms with Gasteiger partial charge in [-0.3, -0.25) is 0 Å². The Bertz CT molecular complexity index is 791. The normalized spacial score (nSPS) is 11.0. The summed E-state index contributed by atoms with van der Waals surface area (Å²) >= 11 is 2.86. The van der Waals surface area contributed by atoms with Gasteiger partial charge in [0.15, 0.2) is 16.7 Å². The van der Waals surface area contributed by atoms with Gasteiger partial charge in [-0.25, -0.2) is 14.4 Å². The molecule has 7 heteroatoms. The van der Waals surface area contributed by atoms with Crippen molar-refractivity contribution in [1.82, 2.24) is 9.97 Å². The van der Waals surface area contributed by atoms with Crippen molar-refractivity contribution in [2.24, 2.45) is 0 Å². The second-order valence-corrected chi connectivity index (χ2v) is 6.09. The van der Waals surface area contributed by atoms with Crippen LogP contribution in [0.25, 0.3) is 10.2 Å². The number of hydrogen-bond donors (Lipinski definition) is 1. The Morgan fingerprint density at radius 2 is 2.19 bits per heavy atom. The molecule has 108 valence electrons. The third kappa shape index (κ3) is 2.79. The maximum Gasteiger partial charge on any atom is 0.191 e. The molecule has 3 rings (SSSR count). The summed E-state index contributed by atoms with van der Waals surface area (Å²) in [6, 6.07) is 6.97. The minimum atomic E-state index is -0.349. The maximum absolute atomic E-state index is 14.1. The quantitative estimate of drug-likeness (QED) is 0.586. The number of thiophene rings is 1. The van der Waals surface area contributed by atoms with Crippen molar-refractivity contribution in [3.05, 3.63) is 41.0 Å². The second kappa shape index (κ2) is 5.87. The molecule has 21 heavy (non-hydrogen) atoms. The number of aromatic nitrogens is 2. The zero-order valence-corrected chi connectivity index (χ0v) is 12.8. The largest absolute Gasteiger partial charge is 0.494 e. The lowest BCUT2D eigenvalue weighted by atomic mass is 10.2. The van der Waals surface area contributed by atoms with Crippen molar-refractivity contribution in [3.63, 3.8) is 0 Å². The van der Waals surface area contributed by atoms with Crippen LogP contribution in [0.15, 0.2) is 34.8 Å². The predicted octanol–water partition coefficient (Wildman–Crippen LogP) is 3.71. The number of nitrogens with two attached hydrogens (primary N) is 1. The summed E-state index contributed by atoms with van der Waals surface area (Å²) in [6.45, 7) is 0. The lowest BCUT2D eigenvalue weighted by molar-refractivity contribution is 0.385. The van der Waals surface area contributed by atoms with Crippen molar-refractivity contribution >= 4 is 39.1 Å². The lowest BCUT2D eigenvalue weighted by Gasteiger charge is -2.07. The molecule has 0 aliphatic rings. The zero-order chi connectivity index (χ0) is 14.8. The Labute approximate surface area is 129 Å². The highest BCUT2D eigenvalue weighted by atomic mass is 32.2. The molecule has 1 aromatic carbocycles. The average molecular weight is 321 g/mol. The van der Waals surface area contributed by atoms with Crippen LogP contribution in [0.2, 0.25) is 0 Å². The van der Waals surface area contributed by atoms with Gasteiger partial charge in [-0.05, 0) is 17.5 Å². The van der Waals surface area contributed by atoms with Crippen molar-refractivity contribution < 1.29 is 9.13 Å². The highest BCUT2D eigenvalue weighted by Crippen LogP contribution is 2.29. The standard InChI is InChI=1S/C14H12FN3OS2/c1-19-10-4-2-3-8(11(10)15)7-21-14-17-12(16)9-5-6-20-13(9)18-14/h2-6H,7H2,1H3,(H2,16,17,18). The van der Waals surface area contributed by atoms with Gasteiger partial charge in [-0.2, -0.15) is 0 Å². The molecule has 0 spiro atoms. The van der Waals surface area contributed by atoms with Gasteiger partial charge < -0.3 is 10.5 Å². The van der Waals surface area contributed by atoms with Crippen LogP contribution < -0.4 is 10.5 Å². The summed E-state index contributed by atoms with van der Waals surface area (Å²) in [5.74, 6) is 0.758. The van der Waals surface area contributed by atoms with E-state index < -0.39 is 0 Å². The van der Waals surface area contributed by atoms with Gasteiger partial charge in [0.2, 0.25) is 0 Å². The number of nitrogens with zero attached hydrogens (tertiary/aromatic N) is 2. The third-order valence-electron chi connectivity index (χ3n) is 2.95. The molecule has 3 aromatic rings. The summed E-state index contributed by atoms with van der Waals surface area (Å²) in [5.41, 5.74) is 6.44. The number of halogens is 1. The fraction of sp³-hybridized carbons (Fsp3) is 0.143. The highest BCUT2D eigenvalue weighted by Gasteiger charge is 2.11. The predicted molar refractivity (Wildman–Crippen MR) is 84.3 cm³/mol. The number of ether oxygens (including phenoxy) is 1. The van der Waals surface area contributed by atoms with Crippen molar-refractivity contribution in [1.29, 1.82) is 0 Å². The SMILES string of the molecule is COc1cccc(CSc2nc(N)c3ccsc3n2)c1F. The second-order valence-electron chi connectivity index (χ2n) is 4.25. The van der Waals surface area contributed by atoms with Gasteiger partial charge in [0.05, 0.1) is 12.5 Å². The number of methoxy groups -OCH3 is 1. The van der Waals surface area contributed by atoms with Crippen molar-refractivity contribution in [3.8, 4) is 5.75 Å². The maximum atomic E-state index is 14.1. The lowest BCUT2D eigenvalue weighted by Crippen LogP contribution is -1.97. The van der Waals surface area contributed by atoms with Crippen molar-refractivity contribution in [2.45, 2.75) is 10.9 Å². The first-order valence-corrected chi connectivity index (χ1v) is 8.00. The summed E-state index contributed by atoms with van der Waals surface area (Å²) < 4.78 is 19.0. The fourth-order valence-electron chi connectivity index (χ4n) is 1.89. The highest BCUT2D eigenvalue weighted by molar-refractivity contribution is 7.98. The zero-order valence-electron chi connectivity index (χ0n) is 11.2. The minimum absolute atomic E-state index is 0.238. The Balaban J connectivity index is 1.83. The molecule has 0 radical (unpaired) electrons. The molecule has 4 nitrogen and oxygen atoms in total. The monoisotopic (exact) mass is 321 g/mol. The molecule has 0 aliphatic carbocycles. The number of fused-ring (bicyclic) bond motifs is 1. The van der Waals surface area contributed by atoms with E-state index in [1.54, 1.807) is 18.2 Å². The van der Waals surface area contributed by atoms with Crippen molar-refractivity contribution in [2.75, 3.05) is 12.8 Å². The van der Waals surface area contributed by atoms with Crippen LogP contribution in [0.5, 0.6) is 5.75 Å². The van der Waals surface area contributed by atoms with Gasteiger partial charge in [-0.15, -0.1) is 11.3 Å². The molecule has 0 fully saturated rings. The topological polar surface area (TPSA) is 61.0 Å². The summed E-state index contributed by atoms with van der Waals surface area (Å²) in [6.07, 6.45) is 0. The van der Waals surface area contributed by atoms with E-state index in [1.165, 1.54) is 30.2 Å². The number of anilines is 1. The summed E-state index contributed by atoms with van der Waals surface area (Å²) in [4.78, 5) is 9.51. The van der Waals surface area contributed by atoms with E-state index in [4.69, 9.17) is 10.5 Å². The molecule has 2 aromatic heterocycles. The molecular formula is C14H12FN3OS2. The van der Waals surface area contributed by atoms with Crippen LogP contribution in [0.1, 0.15) is 5.56 Å². The smallest absolute Gasteiger partial charge is 0.191 e. The third-order valence-corrected chi connectivity index (χ3v) is 4.66. The van der Waals surface area contributed by atoms with E-state index in [0.717, 1.165) is 10.2 Å². The first-order chi connectivity index (χ1) is 10.2. The van der Waals surface area contributed by atoms with Crippen LogP contribution in [0.3, 0.4) is 0 Å². The van der Waals surface area contributed by atoms with Gasteiger partial charge in [0, 0.05) is 11.3 Å². The number of rotatable bonds is 4. The molecule has 0 saturated carbocycles. The van der Waals surface area contributed by atoms with Crippen LogP contribution in [0.4, 0.5) is 10.2 Å². The first kappa shape index (κ1) is 14.1. The van der Waals surface area contributed by atoms with Gasteiger partial charge in [0.1, 0.15) is 10.6 Å². The molecule has 0 unspecified atom stereocenters. The first-order valence-electron chi connectivity index (χ1n) is 6.14. The van der Waals surface area contributed by atoms with E-state index in [2.05, 4.69) is 9.97 Å². The number of nitrogen functional groups attached to an aromatic ring is 1. The van der Waals surface area contributed by atoms with Crippen LogP contribution in [-0.4, -0.2) is 17.1 Å². The van der Waals surface area contributed by atoms with E-state index in [0.29, 0.717) is 22.3 Å². The Morgan fingerprint density at radius 3 is 3.00 bits per heavy atom. The van der Waals surface area contributed by atoms with E-state index in [1.807, 2.05) is 11.4 Å². The fourth-order valence-corrected chi connectivity index (χ4v) is 3.55. The molecule has 0 saturated heterocycles. The van der Waals surface area contributed by atoms with Gasteiger partial charge >= 0.3 is 0 Å². The van der Waals surface area contributed by atoms with Gasteiger partial charge in [-0.1, -0.05) is 23.9 Å². The summed E-state index contributed by atoms with van der Waals surface area (Å²) in [7, 11) is 1.45. The molecule has 0 aliphatic heterocycles. The molecule has 0 atom stereocenters. The molecule has 0 bridgehead atoms. The van der Waals surface area contributed by atoms with Crippen LogP contribution in [-0.2, 0) is 5.75 Å². The number of benzene rings is 1. The molecule has 2 N–H and O–H groups in total. The molecular weight excluding hydrogens is 309 g/mol.